The maximum absolute atomic E-state index is 5.89. The molecule has 3 nitrogen and oxygen atoms in total. The molecule has 0 heterocycles. The average Bonchev–Trinajstić information content (AvgIpc) is 2.16. The van der Waals surface area contributed by atoms with Gasteiger partial charge in [0, 0.05) is 19.9 Å². The molecule has 0 aliphatic heterocycles. The maximum Gasteiger partial charge on any atom is 0.353 e. The first-order valence-electron chi connectivity index (χ1n) is 6.86. The third kappa shape index (κ3) is 4.01. The SMILES string of the molecule is CC[Si](OC)(OC)C(C)N([Si](C)(C)C)[Si](C)(C)C. The van der Waals surface area contributed by atoms with Crippen LogP contribution in [0.2, 0.25) is 45.3 Å². The number of hydrogen-bond donors (Lipinski definition) is 0. The monoisotopic (exact) mass is 307 g/mol. The molecule has 1 atom stereocenters. The Balaban J connectivity index is 5.51. The van der Waals surface area contributed by atoms with Gasteiger partial charge in [-0.1, -0.05) is 46.2 Å². The van der Waals surface area contributed by atoms with E-state index in [1.165, 1.54) is 0 Å². The van der Waals surface area contributed by atoms with Gasteiger partial charge in [0.2, 0.25) is 0 Å². The lowest BCUT2D eigenvalue weighted by atomic mass is 10.8. The van der Waals surface area contributed by atoms with Gasteiger partial charge in [-0.25, -0.2) is 0 Å². The summed E-state index contributed by atoms with van der Waals surface area (Å²) in [4.78, 5) is 0. The molecule has 1 unspecified atom stereocenters. The maximum atomic E-state index is 5.89. The van der Waals surface area contributed by atoms with Crippen LogP contribution in [0, 0.1) is 0 Å². The van der Waals surface area contributed by atoms with Crippen molar-refractivity contribution in [1.82, 2.24) is 4.23 Å². The standard InChI is InChI=1S/C12H33NO2Si3/c1-11-18(14-3,15-4)12(2)13(16(5,6)7)17(8,9)10/h12H,11H2,1-10H3. The fourth-order valence-electron chi connectivity index (χ4n) is 3.37. The van der Waals surface area contributed by atoms with Crippen molar-refractivity contribution in [2.24, 2.45) is 0 Å². The highest BCUT2D eigenvalue weighted by atomic mass is 28.4. The molecule has 0 aromatic heterocycles. The second-order valence-corrected chi connectivity index (χ2v) is 21.0. The molecule has 0 bridgehead atoms. The van der Waals surface area contributed by atoms with Crippen LogP contribution in [-0.2, 0) is 8.85 Å². The molecule has 0 aromatic rings. The van der Waals surface area contributed by atoms with Crippen molar-refractivity contribution >= 4 is 25.0 Å². The summed E-state index contributed by atoms with van der Waals surface area (Å²) < 4.78 is 14.6. The fraction of sp³-hybridized carbons (Fsp3) is 1.00. The van der Waals surface area contributed by atoms with Gasteiger partial charge in [-0.15, -0.1) is 0 Å². The molecule has 0 saturated carbocycles. The molecule has 6 heteroatoms. The lowest BCUT2D eigenvalue weighted by molar-refractivity contribution is 0.218. The molecule has 0 spiro atoms. The lowest BCUT2D eigenvalue weighted by Crippen LogP contribution is -2.70. The van der Waals surface area contributed by atoms with Gasteiger partial charge in [0.1, 0.15) is 16.5 Å². The van der Waals surface area contributed by atoms with Crippen molar-refractivity contribution in [3.63, 3.8) is 0 Å². The van der Waals surface area contributed by atoms with Crippen molar-refractivity contribution < 1.29 is 8.85 Å². The van der Waals surface area contributed by atoms with Crippen LogP contribution in [0.3, 0.4) is 0 Å². The first-order chi connectivity index (χ1) is 7.96. The highest BCUT2D eigenvalue weighted by Gasteiger charge is 2.49. The number of nitrogens with zero attached hydrogens (tertiary/aromatic N) is 1. The summed E-state index contributed by atoms with van der Waals surface area (Å²) in [5, 5.41) is 0. The Labute approximate surface area is 117 Å². The molecule has 0 aliphatic carbocycles. The molecule has 0 aliphatic rings. The number of rotatable bonds is 7. The third-order valence-electron chi connectivity index (χ3n) is 3.65. The molecule has 110 valence electrons. The zero-order valence-electron chi connectivity index (χ0n) is 14.0. The van der Waals surface area contributed by atoms with E-state index in [4.69, 9.17) is 8.85 Å². The minimum absolute atomic E-state index is 0.427. The van der Waals surface area contributed by atoms with Crippen LogP contribution >= 0.6 is 0 Å². The van der Waals surface area contributed by atoms with Crippen LogP contribution in [0.25, 0.3) is 0 Å². The van der Waals surface area contributed by atoms with Gasteiger partial charge in [-0.05, 0) is 13.0 Å². The number of hydrogen-bond acceptors (Lipinski definition) is 3. The second kappa shape index (κ2) is 6.32. The van der Waals surface area contributed by atoms with Crippen molar-refractivity contribution in [1.29, 1.82) is 0 Å². The van der Waals surface area contributed by atoms with Gasteiger partial charge in [-0.2, -0.15) is 0 Å². The molecule has 0 saturated heterocycles. The predicted molar refractivity (Wildman–Crippen MR) is 88.2 cm³/mol. The van der Waals surface area contributed by atoms with E-state index in [0.29, 0.717) is 5.67 Å². The van der Waals surface area contributed by atoms with E-state index >= 15 is 0 Å². The Kier molecular flexibility index (Phi) is 6.51. The van der Waals surface area contributed by atoms with Crippen LogP contribution < -0.4 is 0 Å². The van der Waals surface area contributed by atoms with Gasteiger partial charge in [0.05, 0.1) is 0 Å². The molecule has 0 amide bonds. The smallest absolute Gasteiger partial charge is 0.353 e. The van der Waals surface area contributed by atoms with Gasteiger partial charge in [-0.3, -0.25) is 0 Å². The van der Waals surface area contributed by atoms with E-state index in [2.05, 4.69) is 57.4 Å². The third-order valence-corrected chi connectivity index (χ3v) is 15.8. The quantitative estimate of drug-likeness (QED) is 0.670. The topological polar surface area (TPSA) is 21.7 Å². The molecule has 0 fully saturated rings. The molecule has 18 heavy (non-hydrogen) atoms. The Morgan fingerprint density at radius 2 is 1.22 bits per heavy atom. The fourth-order valence-corrected chi connectivity index (χ4v) is 19.7. The van der Waals surface area contributed by atoms with Crippen molar-refractivity contribution in [3.8, 4) is 0 Å². The van der Waals surface area contributed by atoms with Crippen LogP contribution in [-0.4, -0.2) is 49.1 Å². The molecule has 0 aromatic carbocycles. The summed E-state index contributed by atoms with van der Waals surface area (Å²) in [6.45, 7) is 19.1. The minimum Gasteiger partial charge on any atom is -0.397 e. The summed E-state index contributed by atoms with van der Waals surface area (Å²) in [5.41, 5.74) is 0.427. The lowest BCUT2D eigenvalue weighted by Gasteiger charge is -2.51. The van der Waals surface area contributed by atoms with Crippen LogP contribution in [0.15, 0.2) is 0 Å². The Bertz CT molecular complexity index is 235. The molecular formula is C12H33NO2Si3. The van der Waals surface area contributed by atoms with Gasteiger partial charge < -0.3 is 13.1 Å². The summed E-state index contributed by atoms with van der Waals surface area (Å²) in [5.74, 6) is 0. The molecule has 0 rings (SSSR count). The highest BCUT2D eigenvalue weighted by Crippen LogP contribution is 2.30. The summed E-state index contributed by atoms with van der Waals surface area (Å²) in [6, 6.07) is 1.01. The summed E-state index contributed by atoms with van der Waals surface area (Å²) in [7, 11) is -1.21. The van der Waals surface area contributed by atoms with Crippen molar-refractivity contribution in [2.75, 3.05) is 14.2 Å². The van der Waals surface area contributed by atoms with Crippen LogP contribution in [0.5, 0.6) is 0 Å². The first kappa shape index (κ1) is 18.5. The normalized spacial score (nSPS) is 16.2. The molecule has 0 radical (unpaired) electrons. The minimum atomic E-state index is -2.11. The van der Waals surface area contributed by atoms with E-state index < -0.39 is 25.0 Å². The highest BCUT2D eigenvalue weighted by molar-refractivity contribution is 6.91. The van der Waals surface area contributed by atoms with E-state index in [1.807, 2.05) is 14.2 Å². The molecular weight excluding hydrogens is 274 g/mol. The Morgan fingerprint density at radius 1 is 0.889 bits per heavy atom. The van der Waals surface area contributed by atoms with E-state index in [-0.39, 0.29) is 0 Å². The summed E-state index contributed by atoms with van der Waals surface area (Å²) in [6.07, 6.45) is 0. The Hall–Kier alpha value is 0.531. The zero-order chi connectivity index (χ0) is 14.8. The average molecular weight is 308 g/mol. The van der Waals surface area contributed by atoms with Crippen LogP contribution in [0.4, 0.5) is 0 Å². The molecule has 0 N–H and O–H groups in total. The summed E-state index contributed by atoms with van der Waals surface area (Å²) >= 11 is 0. The van der Waals surface area contributed by atoms with Gasteiger partial charge in [0.25, 0.3) is 0 Å². The van der Waals surface area contributed by atoms with Gasteiger partial charge in [0.15, 0.2) is 0 Å². The zero-order valence-corrected chi connectivity index (χ0v) is 17.0. The van der Waals surface area contributed by atoms with Gasteiger partial charge >= 0.3 is 8.56 Å². The van der Waals surface area contributed by atoms with Crippen molar-refractivity contribution in [3.05, 3.63) is 0 Å². The van der Waals surface area contributed by atoms with Crippen LogP contribution in [0.1, 0.15) is 13.8 Å². The van der Waals surface area contributed by atoms with Crippen molar-refractivity contribution in [2.45, 2.75) is 64.8 Å². The predicted octanol–water partition coefficient (Wildman–Crippen LogP) is 3.64. The first-order valence-corrected chi connectivity index (χ1v) is 15.9. The van der Waals surface area contributed by atoms with E-state index in [1.54, 1.807) is 0 Å². The van der Waals surface area contributed by atoms with E-state index in [0.717, 1.165) is 6.04 Å². The second-order valence-electron chi connectivity index (χ2n) is 6.96. The Morgan fingerprint density at radius 3 is 1.39 bits per heavy atom. The van der Waals surface area contributed by atoms with E-state index in [9.17, 15) is 0 Å². The largest absolute Gasteiger partial charge is 0.397 e.